The van der Waals surface area contributed by atoms with E-state index in [9.17, 15) is 0 Å². The molecule has 0 radical (unpaired) electrons. The minimum Gasteiger partial charge on any atom is -0.283 e. The van der Waals surface area contributed by atoms with Crippen LogP contribution >= 0.6 is 23.8 Å². The number of benzene rings is 2. The maximum Gasteiger partial charge on any atom is 0.203 e. The van der Waals surface area contributed by atoms with Crippen LogP contribution in [0.2, 0.25) is 5.15 Å². The third-order valence-electron chi connectivity index (χ3n) is 4.74. The molecule has 0 aliphatic heterocycles. The molecule has 0 N–H and O–H groups in total. The number of aromatic nitrogens is 4. The summed E-state index contributed by atoms with van der Waals surface area (Å²) in [6.45, 7) is 1.29. The summed E-state index contributed by atoms with van der Waals surface area (Å²) in [5.41, 5.74) is 3.30. The highest BCUT2D eigenvalue weighted by atomic mass is 35.5. The zero-order valence-corrected chi connectivity index (χ0v) is 18.2. The fourth-order valence-electron chi connectivity index (χ4n) is 3.36. The summed E-state index contributed by atoms with van der Waals surface area (Å²) < 4.78 is 4.61. The molecule has 0 amide bonds. The summed E-state index contributed by atoms with van der Waals surface area (Å²) in [6, 6.07) is 24.2. The van der Waals surface area contributed by atoms with Crippen molar-refractivity contribution in [2.75, 3.05) is 7.05 Å². The average Bonchev–Trinajstić information content (AvgIpc) is 3.05. The molecule has 0 unspecified atom stereocenters. The SMILES string of the molecule is CN(Cc1ccc(Cl)nc1)Cn1nc(Cc2ccccc2)n(-c2ccccc2)c1=S. The topological polar surface area (TPSA) is 38.9 Å². The molecule has 30 heavy (non-hydrogen) atoms. The Hall–Kier alpha value is -2.80. The molecule has 0 bridgehead atoms. The van der Waals surface area contributed by atoms with Crippen LogP contribution < -0.4 is 0 Å². The Morgan fingerprint density at radius 2 is 1.63 bits per heavy atom. The van der Waals surface area contributed by atoms with E-state index < -0.39 is 0 Å². The number of hydrogen-bond acceptors (Lipinski definition) is 4. The maximum atomic E-state index is 5.89. The standard InChI is InChI=1S/C23H22ClN5S/c1-27(16-19-12-13-21(24)25-15-19)17-28-23(30)29(20-10-6-3-7-11-20)22(26-28)14-18-8-4-2-5-9-18/h2-13,15H,14,16-17H2,1H3. The highest BCUT2D eigenvalue weighted by Crippen LogP contribution is 2.16. The molecule has 0 aliphatic rings. The van der Waals surface area contributed by atoms with Gasteiger partial charge in [-0.1, -0.05) is 66.2 Å². The third-order valence-corrected chi connectivity index (χ3v) is 5.36. The first-order valence-corrected chi connectivity index (χ1v) is 10.5. The normalized spacial score (nSPS) is 11.2. The second-order valence-corrected chi connectivity index (χ2v) is 7.93. The zero-order valence-electron chi connectivity index (χ0n) is 16.6. The lowest BCUT2D eigenvalue weighted by Crippen LogP contribution is -2.22. The molecule has 0 saturated heterocycles. The molecule has 0 fully saturated rings. The van der Waals surface area contributed by atoms with Crippen LogP contribution in [0.1, 0.15) is 17.0 Å². The first kappa shape index (κ1) is 20.5. The molecular weight excluding hydrogens is 414 g/mol. The molecule has 0 spiro atoms. The van der Waals surface area contributed by atoms with Gasteiger partial charge in [0.25, 0.3) is 0 Å². The monoisotopic (exact) mass is 435 g/mol. The molecule has 4 rings (SSSR count). The van der Waals surface area contributed by atoms with E-state index in [1.54, 1.807) is 12.3 Å². The van der Waals surface area contributed by atoms with E-state index in [0.717, 1.165) is 23.6 Å². The van der Waals surface area contributed by atoms with Crippen molar-refractivity contribution in [2.45, 2.75) is 19.6 Å². The van der Waals surface area contributed by atoms with Gasteiger partial charge < -0.3 is 0 Å². The minimum atomic E-state index is 0.496. The second-order valence-electron chi connectivity index (χ2n) is 7.18. The molecular formula is C23H22ClN5S. The molecule has 2 heterocycles. The van der Waals surface area contributed by atoms with Crippen molar-refractivity contribution in [1.29, 1.82) is 0 Å². The van der Waals surface area contributed by atoms with Gasteiger partial charge in [0.05, 0.1) is 6.67 Å². The minimum absolute atomic E-state index is 0.496. The number of para-hydroxylation sites is 1. The first-order chi connectivity index (χ1) is 14.6. The van der Waals surface area contributed by atoms with Gasteiger partial charge in [-0.15, -0.1) is 0 Å². The maximum absolute atomic E-state index is 5.89. The fourth-order valence-corrected chi connectivity index (χ4v) is 3.79. The van der Waals surface area contributed by atoms with Crippen LogP contribution in [0, 0.1) is 4.77 Å². The van der Waals surface area contributed by atoms with Gasteiger partial charge in [-0.2, -0.15) is 5.10 Å². The van der Waals surface area contributed by atoms with Gasteiger partial charge in [0.2, 0.25) is 4.77 Å². The Balaban J connectivity index is 1.63. The van der Waals surface area contributed by atoms with E-state index >= 15 is 0 Å². The molecule has 0 saturated carbocycles. The largest absolute Gasteiger partial charge is 0.283 e. The fraction of sp³-hybridized carbons (Fsp3) is 0.174. The number of rotatable bonds is 7. The molecule has 5 nitrogen and oxygen atoms in total. The van der Waals surface area contributed by atoms with E-state index in [1.807, 2.05) is 54.2 Å². The van der Waals surface area contributed by atoms with Crippen LogP contribution in [0.3, 0.4) is 0 Å². The molecule has 152 valence electrons. The summed E-state index contributed by atoms with van der Waals surface area (Å²) >= 11 is 11.7. The van der Waals surface area contributed by atoms with Gasteiger partial charge in [-0.25, -0.2) is 9.67 Å². The summed E-state index contributed by atoms with van der Waals surface area (Å²) in [5.74, 6) is 0.916. The second kappa shape index (κ2) is 9.34. The van der Waals surface area contributed by atoms with Gasteiger partial charge >= 0.3 is 0 Å². The summed E-state index contributed by atoms with van der Waals surface area (Å²) in [7, 11) is 2.04. The lowest BCUT2D eigenvalue weighted by atomic mass is 10.1. The van der Waals surface area contributed by atoms with Crippen molar-refractivity contribution in [3.8, 4) is 5.69 Å². The summed E-state index contributed by atoms with van der Waals surface area (Å²) in [6.07, 6.45) is 2.50. The molecule has 0 aliphatic carbocycles. The highest BCUT2D eigenvalue weighted by molar-refractivity contribution is 7.71. The third kappa shape index (κ3) is 4.84. The van der Waals surface area contributed by atoms with Crippen LogP contribution in [-0.4, -0.2) is 31.3 Å². The van der Waals surface area contributed by atoms with E-state index in [1.165, 1.54) is 5.56 Å². The van der Waals surface area contributed by atoms with Gasteiger partial charge in [-0.05, 0) is 48.6 Å². The van der Waals surface area contributed by atoms with Crippen molar-refractivity contribution in [1.82, 2.24) is 24.2 Å². The predicted octanol–water partition coefficient (Wildman–Crippen LogP) is 5.13. The number of pyridine rings is 1. The van der Waals surface area contributed by atoms with Crippen molar-refractivity contribution in [3.63, 3.8) is 0 Å². The van der Waals surface area contributed by atoms with Crippen molar-refractivity contribution >= 4 is 23.8 Å². The Labute approximate surface area is 186 Å². The van der Waals surface area contributed by atoms with Crippen LogP contribution in [0.4, 0.5) is 0 Å². The zero-order chi connectivity index (χ0) is 20.9. The molecule has 7 heteroatoms. The Kier molecular flexibility index (Phi) is 6.38. The van der Waals surface area contributed by atoms with E-state index in [0.29, 0.717) is 23.0 Å². The number of halogens is 1. The quantitative estimate of drug-likeness (QED) is 0.298. The molecule has 4 aromatic rings. The Morgan fingerprint density at radius 1 is 0.933 bits per heavy atom. The van der Waals surface area contributed by atoms with Crippen LogP contribution in [0.25, 0.3) is 5.69 Å². The number of nitrogens with zero attached hydrogens (tertiary/aromatic N) is 5. The van der Waals surface area contributed by atoms with Gasteiger partial charge in [0.1, 0.15) is 11.0 Å². The van der Waals surface area contributed by atoms with Crippen molar-refractivity contribution < 1.29 is 0 Å². The van der Waals surface area contributed by atoms with Crippen molar-refractivity contribution in [2.24, 2.45) is 0 Å². The summed E-state index contributed by atoms with van der Waals surface area (Å²) in [4.78, 5) is 6.30. The van der Waals surface area contributed by atoms with Gasteiger partial charge in [-0.3, -0.25) is 9.47 Å². The van der Waals surface area contributed by atoms with Crippen LogP contribution in [-0.2, 0) is 19.6 Å². The predicted molar refractivity (Wildman–Crippen MR) is 122 cm³/mol. The van der Waals surface area contributed by atoms with E-state index in [4.69, 9.17) is 28.9 Å². The lowest BCUT2D eigenvalue weighted by molar-refractivity contribution is 0.243. The van der Waals surface area contributed by atoms with Crippen LogP contribution in [0.15, 0.2) is 79.0 Å². The van der Waals surface area contributed by atoms with Crippen molar-refractivity contribution in [3.05, 3.63) is 106 Å². The smallest absolute Gasteiger partial charge is 0.203 e. The van der Waals surface area contributed by atoms with E-state index in [2.05, 4.69) is 38.7 Å². The molecule has 0 atom stereocenters. The van der Waals surface area contributed by atoms with Gasteiger partial charge in [0.15, 0.2) is 0 Å². The highest BCUT2D eigenvalue weighted by Gasteiger charge is 2.14. The van der Waals surface area contributed by atoms with Crippen LogP contribution in [0.5, 0.6) is 0 Å². The molecule has 2 aromatic heterocycles. The number of hydrogen-bond donors (Lipinski definition) is 0. The Morgan fingerprint density at radius 3 is 2.30 bits per heavy atom. The average molecular weight is 436 g/mol. The van der Waals surface area contributed by atoms with E-state index in [-0.39, 0.29) is 0 Å². The summed E-state index contributed by atoms with van der Waals surface area (Å²) in [5, 5.41) is 5.37. The van der Waals surface area contributed by atoms with Gasteiger partial charge in [0, 0.05) is 24.8 Å². The lowest BCUT2D eigenvalue weighted by Gasteiger charge is -2.16. The Bertz CT molecular complexity index is 1150. The first-order valence-electron chi connectivity index (χ1n) is 9.67. The molecule has 2 aromatic carbocycles.